The van der Waals surface area contributed by atoms with Gasteiger partial charge in [0, 0.05) is 19.1 Å². The summed E-state index contributed by atoms with van der Waals surface area (Å²) in [5, 5.41) is 12.8. The van der Waals surface area contributed by atoms with E-state index in [1.54, 1.807) is 0 Å². The van der Waals surface area contributed by atoms with Gasteiger partial charge in [-0.15, -0.1) is 0 Å². The summed E-state index contributed by atoms with van der Waals surface area (Å²) in [5.74, 6) is -0.00692. The van der Waals surface area contributed by atoms with Crippen LogP contribution >= 0.6 is 11.8 Å². The zero-order valence-corrected chi connectivity index (χ0v) is 21.8. The summed E-state index contributed by atoms with van der Waals surface area (Å²) in [6.45, 7) is 13.8. The fourth-order valence-electron chi connectivity index (χ4n) is 4.63. The van der Waals surface area contributed by atoms with Crippen LogP contribution in [0.5, 0.6) is 0 Å². The van der Waals surface area contributed by atoms with Crippen LogP contribution in [0.3, 0.4) is 0 Å². The molecule has 2 fully saturated rings. The minimum absolute atomic E-state index is 0.0147. The molecule has 4 rings (SSSR count). The molecule has 2 amide bonds. The fourth-order valence-corrected chi connectivity index (χ4v) is 5.69. The van der Waals surface area contributed by atoms with Crippen molar-refractivity contribution in [1.82, 2.24) is 10.3 Å². The first kappa shape index (κ1) is 26.5. The number of nitrogens with one attached hydrogen (secondary N) is 1. The van der Waals surface area contributed by atoms with Crippen LogP contribution in [-0.2, 0) is 20.7 Å². The maximum Gasteiger partial charge on any atom is 0.235 e. The molecule has 2 saturated heterocycles. The number of ether oxygens (including phenoxy) is 1. The number of rotatable bonds is 8. The number of primary amides is 1. The summed E-state index contributed by atoms with van der Waals surface area (Å²) in [7, 11) is 0. The van der Waals surface area contributed by atoms with E-state index < -0.39 is 16.6 Å². The Labute approximate surface area is 221 Å². The first-order chi connectivity index (χ1) is 17.8. The second-order valence-corrected chi connectivity index (χ2v) is 10.7. The normalized spacial score (nSPS) is 17.7. The Balaban J connectivity index is 1.61. The smallest absolute Gasteiger partial charge is 0.235 e. The van der Waals surface area contributed by atoms with Gasteiger partial charge in [0.1, 0.15) is 22.2 Å². The van der Waals surface area contributed by atoms with Crippen LogP contribution in [0.15, 0.2) is 35.4 Å². The molecule has 37 heavy (non-hydrogen) atoms. The molecule has 9 nitrogen and oxygen atoms in total. The van der Waals surface area contributed by atoms with Crippen LogP contribution in [-0.4, -0.2) is 49.1 Å². The van der Waals surface area contributed by atoms with Crippen molar-refractivity contribution in [3.8, 4) is 6.07 Å². The number of hydrogen-bond donors (Lipinski definition) is 2. The predicted molar refractivity (Wildman–Crippen MR) is 141 cm³/mol. The van der Waals surface area contributed by atoms with Crippen molar-refractivity contribution < 1.29 is 14.3 Å². The molecule has 1 unspecified atom stereocenters. The first-order valence-electron chi connectivity index (χ1n) is 12.3. The Kier molecular flexibility index (Phi) is 8.01. The van der Waals surface area contributed by atoms with Gasteiger partial charge in [-0.3, -0.25) is 9.59 Å². The van der Waals surface area contributed by atoms with E-state index in [4.69, 9.17) is 22.0 Å². The third-order valence-corrected chi connectivity index (χ3v) is 8.17. The van der Waals surface area contributed by atoms with Crippen molar-refractivity contribution in [2.24, 2.45) is 11.1 Å². The molecule has 0 bridgehead atoms. The molecule has 1 atom stereocenters. The third-order valence-electron chi connectivity index (χ3n) is 6.91. The van der Waals surface area contributed by atoms with Gasteiger partial charge in [-0.2, -0.15) is 5.26 Å². The van der Waals surface area contributed by atoms with Gasteiger partial charge in [0.15, 0.2) is 0 Å². The molecule has 2 aliphatic heterocycles. The van der Waals surface area contributed by atoms with E-state index in [-0.39, 0.29) is 11.9 Å². The minimum Gasteiger partial charge on any atom is -0.379 e. The minimum atomic E-state index is -0.727. The highest BCUT2D eigenvalue weighted by molar-refractivity contribution is 8.00. The van der Waals surface area contributed by atoms with E-state index >= 15 is 0 Å². The molecule has 1 aromatic carbocycles. The topological polar surface area (TPSA) is 126 Å². The summed E-state index contributed by atoms with van der Waals surface area (Å²) < 4.78 is 5.21. The lowest BCUT2D eigenvalue weighted by Gasteiger charge is -2.39. The van der Waals surface area contributed by atoms with E-state index in [1.165, 1.54) is 0 Å². The number of thioether (sulfide) groups is 1. The highest BCUT2D eigenvalue weighted by atomic mass is 32.2. The molecule has 1 aromatic heterocycles. The molecule has 0 spiro atoms. The zero-order valence-electron chi connectivity index (χ0n) is 21.0. The molecule has 10 heteroatoms. The number of benzene rings is 1. The number of carbonyl (C=O) groups excluding carboxylic acids is 2. The van der Waals surface area contributed by atoms with Crippen molar-refractivity contribution in [2.45, 2.75) is 49.4 Å². The Morgan fingerprint density at radius 1 is 1.35 bits per heavy atom. The van der Waals surface area contributed by atoms with E-state index in [1.807, 2.05) is 49.1 Å². The fraction of sp³-hybridized carbons (Fsp3) is 0.444. The van der Waals surface area contributed by atoms with Crippen LogP contribution in [0.2, 0.25) is 0 Å². The zero-order chi connectivity index (χ0) is 26.6. The van der Waals surface area contributed by atoms with Gasteiger partial charge in [-0.25, -0.2) is 9.83 Å². The van der Waals surface area contributed by atoms with Crippen molar-refractivity contribution in [3.63, 3.8) is 0 Å². The van der Waals surface area contributed by atoms with Crippen LogP contribution in [0.4, 0.5) is 11.5 Å². The van der Waals surface area contributed by atoms with Crippen molar-refractivity contribution in [2.75, 3.05) is 31.2 Å². The van der Waals surface area contributed by atoms with E-state index in [9.17, 15) is 14.9 Å². The quantitative estimate of drug-likeness (QED) is 0.405. The lowest BCUT2D eigenvalue weighted by molar-refractivity contribution is -0.158. The number of hydrogen-bond acceptors (Lipinski definition) is 7. The van der Waals surface area contributed by atoms with E-state index in [0.29, 0.717) is 73.2 Å². The molecular formula is C27H30N6O3S. The maximum absolute atomic E-state index is 12.6. The molecule has 0 aliphatic carbocycles. The standard InChI is InChI=1S/C27H30N6O3S/c1-4-19-20(14-28)25(37-22(23(29)34)17-8-6-5-7-9-17)32-24(21(19)30-3)33-12-10-18(11-13-33)31-26(35)27(2)15-36-16-27/h5-9,18,22H,4,10-13,15-16H2,1-2H3,(H2,29,34)(H,31,35). The van der Waals surface area contributed by atoms with Gasteiger partial charge in [0.25, 0.3) is 0 Å². The number of aromatic nitrogens is 1. The molecule has 3 N–H and O–H groups in total. The number of anilines is 1. The summed E-state index contributed by atoms with van der Waals surface area (Å²) in [6.07, 6.45) is 1.89. The largest absolute Gasteiger partial charge is 0.379 e. The number of pyridine rings is 1. The second-order valence-electron chi connectivity index (χ2n) is 9.62. The maximum atomic E-state index is 12.6. The Morgan fingerprint density at radius 2 is 2.03 bits per heavy atom. The number of carbonyl (C=O) groups is 2. The predicted octanol–water partition coefficient (Wildman–Crippen LogP) is 3.51. The molecule has 2 aliphatic rings. The molecular weight excluding hydrogens is 488 g/mol. The third kappa shape index (κ3) is 5.41. The number of nitrogens with two attached hydrogens (primary N) is 1. The lowest BCUT2D eigenvalue weighted by Crippen LogP contribution is -2.55. The van der Waals surface area contributed by atoms with Gasteiger partial charge in [0.05, 0.1) is 30.8 Å². The van der Waals surface area contributed by atoms with Crippen molar-refractivity contribution >= 4 is 35.1 Å². The van der Waals surface area contributed by atoms with Gasteiger partial charge in [-0.05, 0) is 37.3 Å². The number of amides is 2. The SMILES string of the molecule is [C-]#[N+]c1c(N2CCC(NC(=O)C3(C)COC3)CC2)nc(SC(C(N)=O)c2ccccc2)c(C#N)c1CC. The van der Waals surface area contributed by atoms with Gasteiger partial charge in [-0.1, -0.05) is 49.0 Å². The van der Waals surface area contributed by atoms with Crippen LogP contribution < -0.4 is 16.0 Å². The molecule has 192 valence electrons. The molecule has 3 heterocycles. The Morgan fingerprint density at radius 3 is 2.54 bits per heavy atom. The number of piperidine rings is 1. The van der Waals surface area contributed by atoms with E-state index in [2.05, 4.69) is 16.2 Å². The Bertz CT molecular complexity index is 1260. The van der Waals surface area contributed by atoms with E-state index in [0.717, 1.165) is 17.3 Å². The van der Waals surface area contributed by atoms with Gasteiger partial charge in [0.2, 0.25) is 17.5 Å². The van der Waals surface area contributed by atoms with Crippen LogP contribution in [0, 0.1) is 23.3 Å². The lowest BCUT2D eigenvalue weighted by atomic mass is 9.87. The summed E-state index contributed by atoms with van der Waals surface area (Å²) in [5.41, 5.74) is 7.30. The second kappa shape index (κ2) is 11.2. The number of nitrogens with zero attached hydrogens (tertiary/aromatic N) is 4. The average Bonchev–Trinajstić information content (AvgIpc) is 2.90. The highest BCUT2D eigenvalue weighted by Gasteiger charge is 2.42. The van der Waals surface area contributed by atoms with Crippen LogP contribution in [0.25, 0.3) is 4.85 Å². The van der Waals surface area contributed by atoms with Crippen LogP contribution in [0.1, 0.15) is 48.6 Å². The monoisotopic (exact) mass is 518 g/mol. The van der Waals surface area contributed by atoms with Crippen molar-refractivity contribution in [3.05, 3.63) is 58.4 Å². The number of nitriles is 1. The van der Waals surface area contributed by atoms with Gasteiger partial charge < -0.3 is 20.7 Å². The molecule has 0 radical (unpaired) electrons. The highest BCUT2D eigenvalue weighted by Crippen LogP contribution is 2.43. The Hall–Kier alpha value is -3.60. The summed E-state index contributed by atoms with van der Waals surface area (Å²) >= 11 is 1.14. The van der Waals surface area contributed by atoms with Gasteiger partial charge >= 0.3 is 0 Å². The summed E-state index contributed by atoms with van der Waals surface area (Å²) in [6, 6.07) is 11.4. The molecule has 2 aromatic rings. The summed E-state index contributed by atoms with van der Waals surface area (Å²) in [4.78, 5) is 35.6. The van der Waals surface area contributed by atoms with Crippen molar-refractivity contribution in [1.29, 1.82) is 5.26 Å². The first-order valence-corrected chi connectivity index (χ1v) is 13.2. The average molecular weight is 519 g/mol. The molecule has 0 saturated carbocycles.